The molecule has 31 heavy (non-hydrogen) atoms. The van der Waals surface area contributed by atoms with Gasteiger partial charge >= 0.3 is 0 Å². The first-order valence-electron chi connectivity index (χ1n) is 9.94. The third-order valence-corrected chi connectivity index (χ3v) is 5.31. The van der Waals surface area contributed by atoms with Gasteiger partial charge < -0.3 is 10.6 Å². The molecule has 9 heteroatoms. The number of rotatable bonds is 5. The Balaban J connectivity index is 1.62. The fraction of sp³-hybridized carbons (Fsp3) is 0.182. The predicted molar refractivity (Wildman–Crippen MR) is 116 cm³/mol. The van der Waals surface area contributed by atoms with Crippen molar-refractivity contribution in [2.24, 2.45) is 0 Å². The Morgan fingerprint density at radius 3 is 3.00 bits per heavy atom. The van der Waals surface area contributed by atoms with Crippen molar-refractivity contribution in [3.63, 3.8) is 0 Å². The first-order chi connectivity index (χ1) is 15.2. The number of pyridine rings is 1. The fourth-order valence-electron chi connectivity index (χ4n) is 3.85. The van der Waals surface area contributed by atoms with Crippen molar-refractivity contribution < 1.29 is 4.39 Å². The van der Waals surface area contributed by atoms with Gasteiger partial charge in [-0.25, -0.2) is 18.7 Å². The highest BCUT2D eigenvalue weighted by atomic mass is 19.1. The summed E-state index contributed by atoms with van der Waals surface area (Å²) in [6, 6.07) is 7.64. The minimum absolute atomic E-state index is 0.174. The SMILES string of the molecule is C=CCn1c(=O)c2cnc(Nc3ccc4c(c3)CNCC4)nc2n1-c1ccncc1F. The largest absolute Gasteiger partial charge is 0.324 e. The molecule has 1 aliphatic rings. The Morgan fingerprint density at radius 1 is 1.26 bits per heavy atom. The van der Waals surface area contributed by atoms with Gasteiger partial charge in [0.05, 0.1) is 12.7 Å². The molecular weight excluding hydrogens is 397 g/mol. The van der Waals surface area contributed by atoms with Gasteiger partial charge in [-0.1, -0.05) is 12.1 Å². The summed E-state index contributed by atoms with van der Waals surface area (Å²) < 4.78 is 17.4. The Bertz CT molecular complexity index is 1360. The lowest BCUT2D eigenvalue weighted by atomic mass is 10.0. The van der Waals surface area contributed by atoms with Gasteiger partial charge in [-0.2, -0.15) is 4.98 Å². The van der Waals surface area contributed by atoms with Crippen LogP contribution >= 0.6 is 0 Å². The summed E-state index contributed by atoms with van der Waals surface area (Å²) in [4.78, 5) is 25.6. The zero-order valence-corrected chi connectivity index (χ0v) is 16.7. The zero-order chi connectivity index (χ0) is 21.4. The average molecular weight is 417 g/mol. The number of benzene rings is 1. The van der Waals surface area contributed by atoms with E-state index in [2.05, 4.69) is 44.3 Å². The van der Waals surface area contributed by atoms with Crippen molar-refractivity contribution in [2.45, 2.75) is 19.5 Å². The molecule has 0 radical (unpaired) electrons. The second-order valence-electron chi connectivity index (χ2n) is 7.28. The molecule has 4 heterocycles. The number of hydrogen-bond donors (Lipinski definition) is 2. The Morgan fingerprint density at radius 2 is 2.16 bits per heavy atom. The number of fused-ring (bicyclic) bond motifs is 2. The number of allylic oxidation sites excluding steroid dienone is 1. The van der Waals surface area contributed by atoms with E-state index in [9.17, 15) is 9.18 Å². The number of anilines is 2. The Kier molecular flexibility index (Phi) is 4.79. The van der Waals surface area contributed by atoms with Crippen LogP contribution in [0.3, 0.4) is 0 Å². The topological polar surface area (TPSA) is 89.7 Å². The molecule has 0 aliphatic carbocycles. The van der Waals surface area contributed by atoms with E-state index in [1.165, 1.54) is 39.0 Å². The summed E-state index contributed by atoms with van der Waals surface area (Å²) >= 11 is 0. The number of nitrogens with zero attached hydrogens (tertiary/aromatic N) is 5. The molecule has 0 fully saturated rings. The van der Waals surface area contributed by atoms with E-state index in [0.717, 1.165) is 31.4 Å². The van der Waals surface area contributed by atoms with Crippen LogP contribution in [0, 0.1) is 5.82 Å². The van der Waals surface area contributed by atoms with Gasteiger partial charge in [0.25, 0.3) is 5.56 Å². The first kappa shape index (κ1) is 19.1. The summed E-state index contributed by atoms with van der Waals surface area (Å²) in [6.45, 7) is 5.68. The maximum absolute atomic E-state index is 14.6. The molecule has 2 N–H and O–H groups in total. The zero-order valence-electron chi connectivity index (χ0n) is 16.7. The van der Waals surface area contributed by atoms with Gasteiger partial charge in [0.1, 0.15) is 11.1 Å². The molecule has 156 valence electrons. The third-order valence-electron chi connectivity index (χ3n) is 5.31. The highest BCUT2D eigenvalue weighted by Crippen LogP contribution is 2.23. The van der Waals surface area contributed by atoms with Crippen molar-refractivity contribution in [3.05, 3.63) is 82.8 Å². The van der Waals surface area contributed by atoms with Gasteiger partial charge in [0.15, 0.2) is 11.5 Å². The van der Waals surface area contributed by atoms with Crippen LogP contribution in [-0.4, -0.2) is 30.9 Å². The highest BCUT2D eigenvalue weighted by Gasteiger charge is 2.19. The van der Waals surface area contributed by atoms with Crippen LogP contribution in [0.1, 0.15) is 11.1 Å². The molecule has 0 saturated carbocycles. The van der Waals surface area contributed by atoms with Crippen LogP contribution in [0.4, 0.5) is 16.0 Å². The lowest BCUT2D eigenvalue weighted by Crippen LogP contribution is -2.23. The van der Waals surface area contributed by atoms with Crippen LogP contribution in [0.2, 0.25) is 0 Å². The van der Waals surface area contributed by atoms with Gasteiger partial charge in [-0.3, -0.25) is 9.78 Å². The van der Waals surface area contributed by atoms with Crippen LogP contribution < -0.4 is 16.2 Å². The molecule has 0 unspecified atom stereocenters. The van der Waals surface area contributed by atoms with Gasteiger partial charge in [-0.05, 0) is 42.3 Å². The summed E-state index contributed by atoms with van der Waals surface area (Å²) in [7, 11) is 0. The van der Waals surface area contributed by atoms with E-state index in [0.29, 0.717) is 17.0 Å². The lowest BCUT2D eigenvalue weighted by molar-refractivity contribution is 0.559. The lowest BCUT2D eigenvalue weighted by Gasteiger charge is -2.18. The van der Waals surface area contributed by atoms with Crippen molar-refractivity contribution >= 4 is 22.7 Å². The quantitative estimate of drug-likeness (QED) is 0.486. The van der Waals surface area contributed by atoms with E-state index in [1.54, 1.807) is 6.08 Å². The van der Waals surface area contributed by atoms with Crippen molar-refractivity contribution in [1.82, 2.24) is 29.6 Å². The molecule has 1 aromatic carbocycles. The van der Waals surface area contributed by atoms with E-state index >= 15 is 0 Å². The molecule has 8 nitrogen and oxygen atoms in total. The summed E-state index contributed by atoms with van der Waals surface area (Å²) in [5.74, 6) is -0.247. The molecule has 4 aromatic rings. The monoisotopic (exact) mass is 417 g/mol. The van der Waals surface area contributed by atoms with E-state index in [4.69, 9.17) is 0 Å². The number of nitrogens with one attached hydrogen (secondary N) is 2. The van der Waals surface area contributed by atoms with Crippen molar-refractivity contribution in [3.8, 4) is 5.69 Å². The summed E-state index contributed by atoms with van der Waals surface area (Å²) in [5.41, 5.74) is 3.55. The summed E-state index contributed by atoms with van der Waals surface area (Å²) in [6.07, 6.45) is 6.60. The van der Waals surface area contributed by atoms with Crippen LogP contribution in [0.5, 0.6) is 0 Å². The van der Waals surface area contributed by atoms with E-state index < -0.39 is 5.82 Å². The molecule has 0 spiro atoms. The van der Waals surface area contributed by atoms with Gasteiger partial charge in [-0.15, -0.1) is 6.58 Å². The molecule has 0 bridgehead atoms. The molecule has 0 atom stereocenters. The van der Waals surface area contributed by atoms with Gasteiger partial charge in [0.2, 0.25) is 5.95 Å². The minimum Gasteiger partial charge on any atom is -0.324 e. The average Bonchev–Trinajstić information content (AvgIpc) is 3.05. The second kappa shape index (κ2) is 7.77. The van der Waals surface area contributed by atoms with E-state index in [1.807, 2.05) is 6.07 Å². The molecule has 3 aromatic heterocycles. The maximum Gasteiger partial charge on any atom is 0.278 e. The standard InChI is InChI=1S/C22H20FN7O/c1-2-9-29-21(31)17-12-26-22(27-16-4-3-14-5-7-24-11-15(14)10-16)28-20(17)30(29)19-6-8-25-13-18(19)23/h2-4,6,8,10,12-13,24H,1,5,7,9,11H2,(H,26,27,28). The third kappa shape index (κ3) is 3.38. The predicted octanol–water partition coefficient (Wildman–Crippen LogP) is 2.69. The Labute approximate surface area is 177 Å². The van der Waals surface area contributed by atoms with Gasteiger partial charge in [0, 0.05) is 24.6 Å². The first-order valence-corrected chi connectivity index (χ1v) is 9.94. The molecule has 0 saturated heterocycles. The smallest absolute Gasteiger partial charge is 0.278 e. The highest BCUT2D eigenvalue weighted by molar-refractivity contribution is 5.77. The summed E-state index contributed by atoms with van der Waals surface area (Å²) in [5, 5.41) is 6.85. The van der Waals surface area contributed by atoms with Crippen LogP contribution in [0.25, 0.3) is 16.7 Å². The normalized spacial score (nSPS) is 13.2. The minimum atomic E-state index is -0.562. The maximum atomic E-state index is 14.6. The molecule has 0 amide bonds. The number of hydrogen-bond acceptors (Lipinski definition) is 6. The second-order valence-corrected chi connectivity index (χ2v) is 7.28. The van der Waals surface area contributed by atoms with Crippen LogP contribution in [0.15, 0.2) is 60.3 Å². The fourth-order valence-corrected chi connectivity index (χ4v) is 3.85. The van der Waals surface area contributed by atoms with E-state index in [-0.39, 0.29) is 17.8 Å². The molecular formula is C22H20FN7O. The number of halogens is 1. The van der Waals surface area contributed by atoms with Crippen LogP contribution in [-0.2, 0) is 19.5 Å². The van der Waals surface area contributed by atoms with Crippen molar-refractivity contribution in [1.29, 1.82) is 0 Å². The number of aromatic nitrogens is 5. The van der Waals surface area contributed by atoms with Crippen molar-refractivity contribution in [2.75, 3.05) is 11.9 Å². The molecule has 5 rings (SSSR count). The Hall–Kier alpha value is -3.85. The molecule has 1 aliphatic heterocycles.